The van der Waals surface area contributed by atoms with Crippen LogP contribution in [0.1, 0.15) is 31.4 Å². The molecular formula is C17H31IN4O2S. The smallest absolute Gasteiger partial charge is 0.211 e. The lowest BCUT2D eigenvalue weighted by atomic mass is 10.1. The van der Waals surface area contributed by atoms with Gasteiger partial charge in [-0.3, -0.25) is 0 Å². The Balaban J connectivity index is 0.00000576. The molecule has 0 aliphatic carbocycles. The van der Waals surface area contributed by atoms with Crippen molar-refractivity contribution in [1.82, 2.24) is 14.9 Å². The number of nitrogens with one attached hydrogen (secondary N) is 2. The van der Waals surface area contributed by atoms with Gasteiger partial charge in [-0.1, -0.05) is 31.2 Å². The summed E-state index contributed by atoms with van der Waals surface area (Å²) < 4.78 is 24.6. The van der Waals surface area contributed by atoms with Crippen molar-refractivity contribution in [2.24, 2.45) is 4.99 Å². The monoisotopic (exact) mass is 482 g/mol. The predicted molar refractivity (Wildman–Crippen MR) is 116 cm³/mol. The molecule has 0 fully saturated rings. The fraction of sp³-hybridized carbons (Fsp3) is 0.588. The lowest BCUT2D eigenvalue weighted by Gasteiger charge is -2.18. The van der Waals surface area contributed by atoms with Crippen molar-refractivity contribution in [3.63, 3.8) is 0 Å². The number of rotatable bonds is 9. The summed E-state index contributed by atoms with van der Waals surface area (Å²) >= 11 is 0. The van der Waals surface area contributed by atoms with E-state index in [-0.39, 0.29) is 24.0 Å². The number of halogens is 1. The highest BCUT2D eigenvalue weighted by atomic mass is 127. The molecule has 6 nitrogen and oxygen atoms in total. The van der Waals surface area contributed by atoms with E-state index in [9.17, 15) is 8.42 Å². The minimum Gasteiger partial charge on any atom is -0.357 e. The Morgan fingerprint density at radius 2 is 1.88 bits per heavy atom. The molecule has 0 spiro atoms. The summed E-state index contributed by atoms with van der Waals surface area (Å²) in [5, 5.41) is 6.47. The number of aliphatic imine (C=N–C) groups is 1. The van der Waals surface area contributed by atoms with Gasteiger partial charge >= 0.3 is 0 Å². The van der Waals surface area contributed by atoms with E-state index in [1.807, 2.05) is 26.0 Å². The number of guanidine groups is 1. The van der Waals surface area contributed by atoms with E-state index in [2.05, 4.69) is 34.7 Å². The summed E-state index contributed by atoms with van der Waals surface area (Å²) in [5.74, 6) is 0.753. The van der Waals surface area contributed by atoms with Gasteiger partial charge in [-0.2, -0.15) is 0 Å². The van der Waals surface area contributed by atoms with Crippen LogP contribution >= 0.6 is 24.0 Å². The molecular weight excluding hydrogens is 451 g/mol. The van der Waals surface area contributed by atoms with Crippen LogP contribution in [0.25, 0.3) is 0 Å². The summed E-state index contributed by atoms with van der Waals surface area (Å²) in [4.78, 5) is 4.59. The third kappa shape index (κ3) is 9.41. The van der Waals surface area contributed by atoms with Crippen LogP contribution in [0.2, 0.25) is 0 Å². The second-order valence-electron chi connectivity index (χ2n) is 5.66. The van der Waals surface area contributed by atoms with Gasteiger partial charge in [-0.25, -0.2) is 17.7 Å². The molecule has 0 aliphatic heterocycles. The molecule has 0 amide bonds. The molecule has 1 aromatic rings. The zero-order valence-corrected chi connectivity index (χ0v) is 18.7. The number of hydrogen-bond acceptors (Lipinski definition) is 3. The summed E-state index contributed by atoms with van der Waals surface area (Å²) in [7, 11) is -3.12. The Morgan fingerprint density at radius 3 is 2.44 bits per heavy atom. The Bertz CT molecular complexity index is 635. The molecule has 1 rings (SSSR count). The summed E-state index contributed by atoms with van der Waals surface area (Å²) in [6.45, 7) is 9.03. The molecule has 0 saturated carbocycles. The molecule has 2 N–H and O–H groups in total. The topological polar surface area (TPSA) is 73.8 Å². The Morgan fingerprint density at radius 1 is 1.20 bits per heavy atom. The number of aryl methyl sites for hydroxylation is 1. The third-order valence-corrected chi connectivity index (χ3v) is 5.09. The van der Waals surface area contributed by atoms with E-state index < -0.39 is 10.0 Å². The van der Waals surface area contributed by atoms with E-state index in [0.29, 0.717) is 26.2 Å². The minimum absolute atomic E-state index is 0. The van der Waals surface area contributed by atoms with Crippen molar-refractivity contribution in [2.45, 2.75) is 33.7 Å². The lowest BCUT2D eigenvalue weighted by Crippen LogP contribution is -2.39. The average molecular weight is 482 g/mol. The normalized spacial score (nSPS) is 12.0. The largest absolute Gasteiger partial charge is 0.357 e. The second kappa shape index (κ2) is 12.5. The summed E-state index contributed by atoms with van der Waals surface area (Å²) in [5.41, 5.74) is 2.42. The summed E-state index contributed by atoms with van der Waals surface area (Å²) in [6.07, 6.45) is 1.98. The first-order valence-electron chi connectivity index (χ1n) is 8.40. The zero-order valence-electron chi connectivity index (χ0n) is 15.6. The van der Waals surface area contributed by atoms with Crippen LogP contribution in [0.5, 0.6) is 0 Å². The number of sulfonamides is 1. The van der Waals surface area contributed by atoms with Crippen LogP contribution in [-0.2, 0) is 16.6 Å². The SMILES string of the molecule is CCNC(=NCc1ccccc1C)NCCCN(CC)S(C)(=O)=O.I. The highest BCUT2D eigenvalue weighted by Gasteiger charge is 2.13. The van der Waals surface area contributed by atoms with Crippen LogP contribution in [0, 0.1) is 6.92 Å². The van der Waals surface area contributed by atoms with E-state index in [1.165, 1.54) is 21.7 Å². The standard InChI is InChI=1S/C17H30N4O2S.HI/c1-5-18-17(20-14-16-11-8-7-10-15(16)3)19-12-9-13-21(6-2)24(4,22)23;/h7-8,10-11H,5-6,9,12-14H2,1-4H3,(H2,18,19,20);1H. The number of benzene rings is 1. The van der Waals surface area contributed by atoms with E-state index in [1.54, 1.807) is 0 Å². The van der Waals surface area contributed by atoms with Gasteiger partial charge in [0.15, 0.2) is 5.96 Å². The molecule has 144 valence electrons. The van der Waals surface area contributed by atoms with Crippen molar-refractivity contribution < 1.29 is 8.42 Å². The average Bonchev–Trinajstić information content (AvgIpc) is 2.52. The van der Waals surface area contributed by atoms with Crippen molar-refractivity contribution in [1.29, 1.82) is 0 Å². The minimum atomic E-state index is -3.12. The maximum absolute atomic E-state index is 11.6. The Labute approximate surface area is 169 Å². The summed E-state index contributed by atoms with van der Waals surface area (Å²) in [6, 6.07) is 8.19. The molecule has 0 aliphatic rings. The highest BCUT2D eigenvalue weighted by molar-refractivity contribution is 14.0. The molecule has 8 heteroatoms. The van der Waals surface area contributed by atoms with Crippen molar-refractivity contribution in [2.75, 3.05) is 32.4 Å². The lowest BCUT2D eigenvalue weighted by molar-refractivity contribution is 0.424. The van der Waals surface area contributed by atoms with E-state index in [4.69, 9.17) is 0 Å². The van der Waals surface area contributed by atoms with E-state index in [0.717, 1.165) is 18.9 Å². The maximum Gasteiger partial charge on any atom is 0.211 e. The van der Waals surface area contributed by atoms with Gasteiger partial charge in [0, 0.05) is 26.2 Å². The molecule has 0 aromatic heterocycles. The zero-order chi connectivity index (χ0) is 18.0. The van der Waals surface area contributed by atoms with Crippen molar-refractivity contribution in [3.8, 4) is 0 Å². The van der Waals surface area contributed by atoms with Gasteiger partial charge < -0.3 is 10.6 Å². The molecule has 0 bridgehead atoms. The maximum atomic E-state index is 11.6. The second-order valence-corrected chi connectivity index (χ2v) is 7.64. The molecule has 0 unspecified atom stereocenters. The predicted octanol–water partition coefficient (Wildman–Crippen LogP) is 2.34. The van der Waals surface area contributed by atoms with Crippen LogP contribution < -0.4 is 10.6 Å². The first kappa shape index (κ1) is 24.1. The number of nitrogens with zero attached hydrogens (tertiary/aromatic N) is 2. The number of hydrogen-bond donors (Lipinski definition) is 2. The first-order valence-corrected chi connectivity index (χ1v) is 10.2. The molecule has 0 radical (unpaired) electrons. The molecule has 0 saturated heterocycles. The van der Waals surface area contributed by atoms with Gasteiger partial charge in [-0.15, -0.1) is 24.0 Å². The van der Waals surface area contributed by atoms with Crippen molar-refractivity contribution in [3.05, 3.63) is 35.4 Å². The van der Waals surface area contributed by atoms with Gasteiger partial charge in [0.1, 0.15) is 0 Å². The van der Waals surface area contributed by atoms with Gasteiger partial charge in [0.05, 0.1) is 12.8 Å². The van der Waals surface area contributed by atoms with Gasteiger partial charge in [-0.05, 0) is 31.4 Å². The van der Waals surface area contributed by atoms with Crippen LogP contribution in [0.4, 0.5) is 0 Å². The third-order valence-electron chi connectivity index (χ3n) is 3.71. The molecule has 0 atom stereocenters. The van der Waals surface area contributed by atoms with Crippen LogP contribution in [0.3, 0.4) is 0 Å². The van der Waals surface area contributed by atoms with Gasteiger partial charge in [0.2, 0.25) is 10.0 Å². The Kier molecular flexibility index (Phi) is 12.0. The van der Waals surface area contributed by atoms with E-state index >= 15 is 0 Å². The van der Waals surface area contributed by atoms with Crippen LogP contribution in [0.15, 0.2) is 29.3 Å². The fourth-order valence-corrected chi connectivity index (χ4v) is 3.24. The quantitative estimate of drug-likeness (QED) is 0.245. The molecule has 25 heavy (non-hydrogen) atoms. The highest BCUT2D eigenvalue weighted by Crippen LogP contribution is 2.07. The first-order chi connectivity index (χ1) is 11.4. The van der Waals surface area contributed by atoms with Crippen LogP contribution in [-0.4, -0.2) is 51.1 Å². The Hall–Kier alpha value is -0.870. The van der Waals surface area contributed by atoms with Gasteiger partial charge in [0.25, 0.3) is 0 Å². The fourth-order valence-electron chi connectivity index (χ4n) is 2.31. The molecule has 0 heterocycles. The molecule has 1 aromatic carbocycles. The van der Waals surface area contributed by atoms with Crippen molar-refractivity contribution >= 4 is 40.0 Å².